The molecule has 23 heavy (non-hydrogen) atoms. The van der Waals surface area contributed by atoms with Crippen LogP contribution in [-0.4, -0.2) is 20.7 Å². The molecule has 0 aliphatic rings. The molecular weight excluding hydrogens is 355 g/mol. The van der Waals surface area contributed by atoms with E-state index in [2.05, 4.69) is 10.5 Å². The molecular formula is C17H17Cl3N2O. The van der Waals surface area contributed by atoms with Crippen LogP contribution in [0.3, 0.4) is 0 Å². The first kappa shape index (κ1) is 18.1. The lowest BCUT2D eigenvalue weighted by atomic mass is 10.0. The van der Waals surface area contributed by atoms with Crippen LogP contribution in [-0.2, 0) is 0 Å². The molecule has 0 spiro atoms. The van der Waals surface area contributed by atoms with E-state index in [4.69, 9.17) is 34.8 Å². The molecule has 122 valence electrons. The zero-order valence-electron chi connectivity index (χ0n) is 12.3. The zero-order chi connectivity index (χ0) is 16.7. The molecule has 2 aromatic rings. The van der Waals surface area contributed by atoms with Crippen molar-refractivity contribution in [3.63, 3.8) is 0 Å². The number of nitrogens with zero attached hydrogens (tertiary/aromatic N) is 1. The second kappa shape index (κ2) is 8.55. The fourth-order valence-electron chi connectivity index (χ4n) is 2.07. The van der Waals surface area contributed by atoms with E-state index in [-0.39, 0.29) is 12.8 Å². The summed E-state index contributed by atoms with van der Waals surface area (Å²) >= 11 is 17.2. The van der Waals surface area contributed by atoms with Crippen molar-refractivity contribution in [1.29, 1.82) is 0 Å². The third-order valence-corrected chi connectivity index (χ3v) is 3.56. The van der Waals surface area contributed by atoms with Gasteiger partial charge in [-0.3, -0.25) is 5.43 Å². The smallest absolute Gasteiger partial charge is 0.193 e. The third kappa shape index (κ3) is 6.80. The van der Waals surface area contributed by atoms with Gasteiger partial charge in [-0.1, -0.05) is 83.3 Å². The number of nitrogens with one attached hydrogen (secondary N) is 1. The summed E-state index contributed by atoms with van der Waals surface area (Å²) in [4.78, 5) is 0. The summed E-state index contributed by atoms with van der Waals surface area (Å²) in [5.41, 5.74) is 5.44. The highest BCUT2D eigenvalue weighted by molar-refractivity contribution is 6.67. The molecule has 0 amide bonds. The summed E-state index contributed by atoms with van der Waals surface area (Å²) in [6, 6.07) is 19.2. The van der Waals surface area contributed by atoms with Crippen molar-refractivity contribution in [3.8, 4) is 0 Å². The highest BCUT2D eigenvalue weighted by Crippen LogP contribution is 2.32. The second-order valence-corrected chi connectivity index (χ2v) is 7.60. The van der Waals surface area contributed by atoms with Crippen LogP contribution in [0.15, 0.2) is 65.8 Å². The Morgan fingerprint density at radius 3 is 2.13 bits per heavy atom. The summed E-state index contributed by atoms with van der Waals surface area (Å²) < 4.78 is -1.49. The molecule has 0 aliphatic carbocycles. The predicted octanol–water partition coefficient (Wildman–Crippen LogP) is 5.01. The van der Waals surface area contributed by atoms with Crippen molar-refractivity contribution in [3.05, 3.63) is 66.2 Å². The fraction of sp³-hybridized carbons (Fsp3) is 0.235. The SMILES string of the molecule is OC(CC(=NNc1ccccc1)c1ccccc1)CC(Cl)(Cl)Cl. The van der Waals surface area contributed by atoms with Gasteiger partial charge >= 0.3 is 0 Å². The quantitative estimate of drug-likeness (QED) is 0.426. The van der Waals surface area contributed by atoms with E-state index in [0.717, 1.165) is 11.3 Å². The van der Waals surface area contributed by atoms with Gasteiger partial charge in [-0.2, -0.15) is 5.10 Å². The Balaban J connectivity index is 2.15. The van der Waals surface area contributed by atoms with Crippen LogP contribution in [0.5, 0.6) is 0 Å². The molecule has 0 aliphatic heterocycles. The first-order valence-corrected chi connectivity index (χ1v) is 8.25. The molecule has 0 radical (unpaired) electrons. The number of para-hydroxylation sites is 1. The third-order valence-electron chi connectivity index (χ3n) is 3.10. The maximum Gasteiger partial charge on any atom is 0.193 e. The van der Waals surface area contributed by atoms with E-state index >= 15 is 0 Å². The number of hydrogen-bond acceptors (Lipinski definition) is 3. The number of alkyl halides is 3. The van der Waals surface area contributed by atoms with Crippen LogP contribution in [0, 0.1) is 0 Å². The molecule has 0 bridgehead atoms. The fourth-order valence-corrected chi connectivity index (χ4v) is 2.60. The number of hydrogen-bond donors (Lipinski definition) is 2. The van der Waals surface area contributed by atoms with Gasteiger partial charge in [0.15, 0.2) is 3.79 Å². The topological polar surface area (TPSA) is 44.6 Å². The van der Waals surface area contributed by atoms with Gasteiger partial charge in [0, 0.05) is 12.8 Å². The number of hydrazone groups is 1. The first-order valence-electron chi connectivity index (χ1n) is 7.12. The number of rotatable bonds is 6. The second-order valence-electron chi connectivity index (χ2n) is 5.08. The molecule has 0 fully saturated rings. The lowest BCUT2D eigenvalue weighted by Gasteiger charge is -2.17. The van der Waals surface area contributed by atoms with Crippen molar-refractivity contribution in [2.75, 3.05) is 5.43 Å². The molecule has 0 saturated carbocycles. The monoisotopic (exact) mass is 370 g/mol. The number of halogens is 3. The van der Waals surface area contributed by atoms with Crippen LogP contribution in [0.4, 0.5) is 5.69 Å². The molecule has 1 atom stereocenters. The molecule has 0 heterocycles. The standard InChI is InChI=1S/C17H17Cl3N2O/c18-17(19,20)12-15(23)11-16(13-7-3-1-4-8-13)22-21-14-9-5-2-6-10-14/h1-10,15,21,23H,11-12H2. The van der Waals surface area contributed by atoms with Gasteiger partial charge in [0.1, 0.15) is 0 Å². The van der Waals surface area contributed by atoms with E-state index in [1.54, 1.807) is 0 Å². The Bertz CT molecular complexity index is 627. The molecule has 2 N–H and O–H groups in total. The average molecular weight is 372 g/mol. The minimum absolute atomic E-state index is 0.0366. The number of anilines is 1. The van der Waals surface area contributed by atoms with Gasteiger partial charge in [0.05, 0.1) is 17.5 Å². The van der Waals surface area contributed by atoms with E-state index in [0.29, 0.717) is 5.71 Å². The lowest BCUT2D eigenvalue weighted by molar-refractivity contribution is 0.174. The zero-order valence-corrected chi connectivity index (χ0v) is 14.6. The molecule has 0 saturated heterocycles. The van der Waals surface area contributed by atoms with E-state index in [1.165, 1.54) is 0 Å². The van der Waals surface area contributed by atoms with Crippen molar-refractivity contribution in [2.45, 2.75) is 22.7 Å². The number of aliphatic hydroxyl groups excluding tert-OH is 1. The van der Waals surface area contributed by atoms with Crippen molar-refractivity contribution >= 4 is 46.2 Å². The molecule has 2 aromatic carbocycles. The van der Waals surface area contributed by atoms with Crippen LogP contribution >= 0.6 is 34.8 Å². The normalized spacial score (nSPS) is 13.7. The lowest BCUT2D eigenvalue weighted by Crippen LogP contribution is -2.21. The largest absolute Gasteiger partial charge is 0.393 e. The van der Waals surface area contributed by atoms with Gasteiger partial charge in [0.2, 0.25) is 0 Å². The molecule has 0 aromatic heterocycles. The highest BCUT2D eigenvalue weighted by Gasteiger charge is 2.25. The predicted molar refractivity (Wildman–Crippen MR) is 98.6 cm³/mol. The molecule has 1 unspecified atom stereocenters. The molecule has 6 heteroatoms. The highest BCUT2D eigenvalue weighted by atomic mass is 35.6. The van der Waals surface area contributed by atoms with Gasteiger partial charge in [-0.25, -0.2) is 0 Å². The van der Waals surface area contributed by atoms with Gasteiger partial charge < -0.3 is 5.11 Å². The van der Waals surface area contributed by atoms with Crippen molar-refractivity contribution in [1.82, 2.24) is 0 Å². The van der Waals surface area contributed by atoms with E-state index in [9.17, 15) is 5.11 Å². The Labute approximate surface area is 150 Å². The maximum absolute atomic E-state index is 10.2. The van der Waals surface area contributed by atoms with Crippen LogP contribution in [0.1, 0.15) is 18.4 Å². The molecule has 2 rings (SSSR count). The number of aliphatic hydroxyl groups is 1. The van der Waals surface area contributed by atoms with Crippen molar-refractivity contribution < 1.29 is 5.11 Å². The minimum Gasteiger partial charge on any atom is -0.393 e. The average Bonchev–Trinajstić information content (AvgIpc) is 2.51. The Kier molecular flexibility index (Phi) is 6.72. The van der Waals surface area contributed by atoms with E-state index < -0.39 is 9.90 Å². The molecule has 3 nitrogen and oxygen atoms in total. The summed E-state index contributed by atoms with van der Waals surface area (Å²) in [7, 11) is 0. The van der Waals surface area contributed by atoms with Gasteiger partial charge in [-0.05, 0) is 17.7 Å². The first-order chi connectivity index (χ1) is 10.9. The maximum atomic E-state index is 10.2. The van der Waals surface area contributed by atoms with Gasteiger partial charge in [-0.15, -0.1) is 0 Å². The summed E-state index contributed by atoms with van der Waals surface area (Å²) in [6.07, 6.45) is -0.494. The summed E-state index contributed by atoms with van der Waals surface area (Å²) in [5, 5.41) is 14.6. The van der Waals surface area contributed by atoms with Crippen LogP contribution in [0.25, 0.3) is 0 Å². The Morgan fingerprint density at radius 1 is 1.00 bits per heavy atom. The Hall–Kier alpha value is -1.26. The summed E-state index contributed by atoms with van der Waals surface area (Å²) in [5.74, 6) is 0. The van der Waals surface area contributed by atoms with E-state index in [1.807, 2.05) is 60.7 Å². The Morgan fingerprint density at radius 2 is 1.57 bits per heavy atom. The van der Waals surface area contributed by atoms with Crippen molar-refractivity contribution in [2.24, 2.45) is 5.10 Å². The minimum atomic E-state index is -1.49. The number of benzene rings is 2. The summed E-state index contributed by atoms with van der Waals surface area (Å²) in [6.45, 7) is 0. The van der Waals surface area contributed by atoms with Gasteiger partial charge in [0.25, 0.3) is 0 Å². The van der Waals surface area contributed by atoms with Crippen LogP contribution in [0.2, 0.25) is 0 Å². The van der Waals surface area contributed by atoms with Crippen LogP contribution < -0.4 is 5.43 Å².